The highest BCUT2D eigenvalue weighted by Gasteiger charge is 2.46. The van der Waals surface area contributed by atoms with E-state index < -0.39 is 5.41 Å². The van der Waals surface area contributed by atoms with Gasteiger partial charge in [0.1, 0.15) is 0 Å². The summed E-state index contributed by atoms with van der Waals surface area (Å²) in [5.41, 5.74) is 24.2. The lowest BCUT2D eigenvalue weighted by atomic mass is 9.67. The Balaban J connectivity index is 0.819. The Morgan fingerprint density at radius 1 is 0.300 bits per heavy atom. The molecule has 0 N–H and O–H groups in total. The number of anilines is 3. The maximum Gasteiger partial charge on any atom is 0.0713 e. The van der Waals surface area contributed by atoms with Crippen molar-refractivity contribution in [2.24, 2.45) is 0 Å². The van der Waals surface area contributed by atoms with E-state index in [4.69, 9.17) is 0 Å². The van der Waals surface area contributed by atoms with Crippen molar-refractivity contribution in [2.45, 2.75) is 24.7 Å². The minimum absolute atomic E-state index is 0.140. The smallest absolute Gasteiger partial charge is 0.0713 e. The van der Waals surface area contributed by atoms with Crippen molar-refractivity contribution in [2.75, 3.05) is 4.90 Å². The highest BCUT2D eigenvalue weighted by Crippen LogP contribution is 2.57. The van der Waals surface area contributed by atoms with Crippen molar-refractivity contribution >= 4 is 60.4 Å². The number of aromatic nitrogens is 1. The molecule has 2 aliphatic carbocycles. The third-order valence-electron chi connectivity index (χ3n) is 17.9. The van der Waals surface area contributed by atoms with Gasteiger partial charge in [0.15, 0.2) is 0 Å². The van der Waals surface area contributed by atoms with Gasteiger partial charge in [-0.1, -0.05) is 238 Å². The van der Waals surface area contributed by atoms with E-state index in [1.54, 1.807) is 0 Å². The first-order valence-corrected chi connectivity index (χ1v) is 28.0. The van der Waals surface area contributed by atoms with Crippen molar-refractivity contribution in [1.82, 2.24) is 4.57 Å². The zero-order chi connectivity index (χ0) is 53.1. The van der Waals surface area contributed by atoms with Gasteiger partial charge < -0.3 is 9.47 Å². The Bertz CT molecular complexity index is 4730. The van der Waals surface area contributed by atoms with Crippen LogP contribution in [-0.2, 0) is 10.8 Å². The minimum Gasteiger partial charge on any atom is -0.310 e. The molecular weight excluding hydrogens is 965 g/mol. The number of benzene rings is 13. The molecule has 1 aromatic heterocycles. The molecule has 2 heteroatoms. The molecule has 0 amide bonds. The molecule has 376 valence electrons. The van der Waals surface area contributed by atoms with Crippen molar-refractivity contribution in [1.29, 1.82) is 0 Å². The summed E-state index contributed by atoms with van der Waals surface area (Å²) >= 11 is 0. The lowest BCUT2D eigenvalue weighted by molar-refractivity contribution is 0.660. The molecule has 0 spiro atoms. The fraction of sp³-hybridized carbons (Fsp3) is 0.0513. The Hall–Kier alpha value is -10.0. The van der Waals surface area contributed by atoms with E-state index in [1.807, 2.05) is 0 Å². The molecule has 2 aliphatic rings. The van der Waals surface area contributed by atoms with Crippen molar-refractivity contribution in [3.05, 3.63) is 325 Å². The Kier molecular flexibility index (Phi) is 10.2. The van der Waals surface area contributed by atoms with E-state index in [1.165, 1.54) is 121 Å². The van der Waals surface area contributed by atoms with Gasteiger partial charge in [0, 0.05) is 38.6 Å². The molecule has 14 aromatic rings. The lowest BCUT2D eigenvalue weighted by Gasteiger charge is -2.34. The summed E-state index contributed by atoms with van der Waals surface area (Å²) < 4.78 is 2.42. The van der Waals surface area contributed by atoms with E-state index in [9.17, 15) is 0 Å². The minimum atomic E-state index is -0.441. The van der Waals surface area contributed by atoms with Gasteiger partial charge in [-0.05, 0) is 161 Å². The fourth-order valence-corrected chi connectivity index (χ4v) is 14.1. The van der Waals surface area contributed by atoms with Crippen LogP contribution >= 0.6 is 0 Å². The first-order valence-electron chi connectivity index (χ1n) is 28.0. The lowest BCUT2D eigenvalue weighted by Crippen LogP contribution is -2.28. The molecule has 0 atom stereocenters. The molecule has 0 saturated heterocycles. The average Bonchev–Trinajstić information content (AvgIpc) is 4.21. The predicted octanol–water partition coefficient (Wildman–Crippen LogP) is 20.6. The number of rotatable bonds is 8. The normalized spacial score (nSPS) is 13.6. The molecule has 0 fully saturated rings. The molecule has 80 heavy (non-hydrogen) atoms. The van der Waals surface area contributed by atoms with E-state index in [0.717, 1.165) is 22.7 Å². The molecule has 16 rings (SSSR count). The number of hydrogen-bond acceptors (Lipinski definition) is 1. The van der Waals surface area contributed by atoms with Gasteiger partial charge in [-0.15, -0.1) is 0 Å². The van der Waals surface area contributed by atoms with Crippen LogP contribution in [0.25, 0.3) is 93.5 Å². The quantitative estimate of drug-likeness (QED) is 0.138. The van der Waals surface area contributed by atoms with Crippen LogP contribution in [0.5, 0.6) is 0 Å². The van der Waals surface area contributed by atoms with Crippen molar-refractivity contribution in [3.8, 4) is 50.2 Å². The molecule has 0 aliphatic heterocycles. The van der Waals surface area contributed by atoms with Crippen LogP contribution in [0.4, 0.5) is 17.1 Å². The molecule has 0 unspecified atom stereocenters. The standard InChI is InChI=1S/C78H54N2/c1-77(2)70-30-16-13-26-63(70)66-44-43-60(50-73(66)77)79(76-49-55-19-9-10-24-61(55)62-25-11-12-29-67(62)76)59-41-35-52(36-42-59)54-38-46-75-69(48-54)68-47-53(37-45-74(68)80(75)58-22-7-4-8-23-58)51-33-39-57(40-34-51)78(56-20-5-3-6-21-56)71-31-17-14-27-64(71)65-28-15-18-32-72(65)78/h3-50H,1-2H3. The predicted molar refractivity (Wildman–Crippen MR) is 336 cm³/mol. The maximum atomic E-state index is 2.48. The Morgan fingerprint density at radius 3 is 1.40 bits per heavy atom. The maximum absolute atomic E-state index is 2.48. The van der Waals surface area contributed by atoms with Crippen LogP contribution in [0.1, 0.15) is 47.2 Å². The summed E-state index contributed by atoms with van der Waals surface area (Å²) in [5, 5.41) is 7.39. The number of para-hydroxylation sites is 1. The van der Waals surface area contributed by atoms with Crippen LogP contribution in [0.2, 0.25) is 0 Å². The monoisotopic (exact) mass is 1020 g/mol. The largest absolute Gasteiger partial charge is 0.310 e. The molecular formula is C78H54N2. The van der Waals surface area contributed by atoms with Crippen LogP contribution < -0.4 is 4.90 Å². The van der Waals surface area contributed by atoms with Crippen molar-refractivity contribution in [3.63, 3.8) is 0 Å². The summed E-state index contributed by atoms with van der Waals surface area (Å²) in [4.78, 5) is 2.48. The molecule has 1 heterocycles. The van der Waals surface area contributed by atoms with Gasteiger partial charge in [-0.3, -0.25) is 0 Å². The second-order valence-corrected chi connectivity index (χ2v) is 22.4. The molecule has 0 saturated carbocycles. The second-order valence-electron chi connectivity index (χ2n) is 22.4. The van der Waals surface area contributed by atoms with Crippen LogP contribution in [0, 0.1) is 0 Å². The first kappa shape index (κ1) is 46.1. The number of hydrogen-bond donors (Lipinski definition) is 0. The van der Waals surface area contributed by atoms with Gasteiger partial charge >= 0.3 is 0 Å². The van der Waals surface area contributed by atoms with Gasteiger partial charge in [-0.2, -0.15) is 0 Å². The highest BCUT2D eigenvalue weighted by molar-refractivity contribution is 6.15. The van der Waals surface area contributed by atoms with Crippen LogP contribution in [-0.4, -0.2) is 4.57 Å². The molecule has 13 aromatic carbocycles. The summed E-state index contributed by atoms with van der Waals surface area (Å²) in [6.45, 7) is 4.74. The van der Waals surface area contributed by atoms with Crippen LogP contribution in [0.3, 0.4) is 0 Å². The third-order valence-corrected chi connectivity index (χ3v) is 17.9. The third kappa shape index (κ3) is 6.79. The van der Waals surface area contributed by atoms with Gasteiger partial charge in [0.25, 0.3) is 0 Å². The average molecular weight is 1020 g/mol. The van der Waals surface area contributed by atoms with E-state index in [-0.39, 0.29) is 5.41 Å². The van der Waals surface area contributed by atoms with Crippen molar-refractivity contribution < 1.29 is 0 Å². The Labute approximate surface area is 466 Å². The van der Waals surface area contributed by atoms with Gasteiger partial charge in [0.05, 0.1) is 22.1 Å². The highest BCUT2D eigenvalue weighted by atomic mass is 15.1. The molecule has 0 bridgehead atoms. The topological polar surface area (TPSA) is 8.17 Å². The summed E-state index contributed by atoms with van der Waals surface area (Å²) in [7, 11) is 0. The van der Waals surface area contributed by atoms with E-state index in [0.29, 0.717) is 0 Å². The van der Waals surface area contributed by atoms with Gasteiger partial charge in [0.2, 0.25) is 0 Å². The second kappa shape index (κ2) is 17.8. The summed E-state index contributed by atoms with van der Waals surface area (Å²) in [5.74, 6) is 0. The first-order chi connectivity index (χ1) is 39.4. The fourth-order valence-electron chi connectivity index (χ4n) is 14.1. The zero-order valence-electron chi connectivity index (χ0n) is 44.6. The van der Waals surface area contributed by atoms with E-state index >= 15 is 0 Å². The summed E-state index contributed by atoms with van der Waals surface area (Å²) in [6, 6.07) is 109. The molecule has 0 radical (unpaired) electrons. The number of fused-ring (bicyclic) bond motifs is 12. The summed E-state index contributed by atoms with van der Waals surface area (Å²) in [6.07, 6.45) is 0. The van der Waals surface area contributed by atoms with Crippen LogP contribution in [0.15, 0.2) is 291 Å². The van der Waals surface area contributed by atoms with Gasteiger partial charge in [-0.25, -0.2) is 0 Å². The SMILES string of the molecule is CC1(C)c2ccccc2-c2ccc(N(c3ccc(-c4ccc5c(c4)c4cc(-c6ccc(C7(c8ccccc8)c8ccccc8-c8ccccc87)cc6)ccc4n5-c4ccccc4)cc3)c3cc4ccccc4c4ccccc34)cc21. The zero-order valence-corrected chi connectivity index (χ0v) is 44.6. The number of nitrogens with zero attached hydrogens (tertiary/aromatic N) is 2. The molecule has 2 nitrogen and oxygen atoms in total. The Morgan fingerprint density at radius 2 is 0.762 bits per heavy atom. The van der Waals surface area contributed by atoms with E-state index in [2.05, 4.69) is 315 Å².